The molecule has 7 nitrogen and oxygen atoms in total. The fourth-order valence-corrected chi connectivity index (χ4v) is 3.34. The van der Waals surface area contributed by atoms with Gasteiger partial charge in [-0.25, -0.2) is 0 Å². The number of nitrogens with zero attached hydrogens (tertiary/aromatic N) is 2. The minimum atomic E-state index is 0. The van der Waals surface area contributed by atoms with Crippen LogP contribution in [0.5, 0.6) is 11.5 Å². The Kier molecular flexibility index (Phi) is 13.5. The van der Waals surface area contributed by atoms with E-state index in [0.717, 1.165) is 68.8 Å². The van der Waals surface area contributed by atoms with Crippen LogP contribution in [-0.2, 0) is 4.74 Å². The summed E-state index contributed by atoms with van der Waals surface area (Å²) in [4.78, 5) is 7.31. The average molecular weight is 532 g/mol. The van der Waals surface area contributed by atoms with Crippen molar-refractivity contribution in [3.8, 4) is 11.5 Å². The van der Waals surface area contributed by atoms with Crippen molar-refractivity contribution < 1.29 is 14.2 Å². The van der Waals surface area contributed by atoms with Crippen molar-refractivity contribution in [2.45, 2.75) is 26.3 Å². The second kappa shape index (κ2) is 15.3. The summed E-state index contributed by atoms with van der Waals surface area (Å²) >= 11 is 0. The normalized spacial score (nSPS) is 16.1. The fourth-order valence-electron chi connectivity index (χ4n) is 3.34. The molecule has 2 N–H and O–H groups in total. The number of hydrogen-bond acceptors (Lipinski definition) is 5. The second-order valence-corrected chi connectivity index (χ2v) is 6.78. The van der Waals surface area contributed by atoms with Gasteiger partial charge in [0.05, 0.1) is 40.0 Å². The summed E-state index contributed by atoms with van der Waals surface area (Å²) in [6, 6.07) is 6.26. The largest absolute Gasteiger partial charge is 0.493 e. The number of rotatable bonds is 10. The zero-order valence-corrected chi connectivity index (χ0v) is 21.0. The Bertz CT molecular complexity index is 664. The Morgan fingerprint density at radius 1 is 1.20 bits per heavy atom. The predicted molar refractivity (Wildman–Crippen MR) is 134 cm³/mol. The zero-order valence-electron chi connectivity index (χ0n) is 18.6. The third-order valence-corrected chi connectivity index (χ3v) is 4.88. The van der Waals surface area contributed by atoms with E-state index in [2.05, 4.69) is 46.7 Å². The van der Waals surface area contributed by atoms with Gasteiger partial charge in [0.25, 0.3) is 0 Å². The maximum Gasteiger partial charge on any atom is 0.191 e. The Labute approximate surface area is 198 Å². The molecule has 1 aromatic carbocycles. The molecule has 1 aromatic rings. The third kappa shape index (κ3) is 8.31. The molecule has 0 aromatic heterocycles. The van der Waals surface area contributed by atoms with Crippen molar-refractivity contribution in [1.82, 2.24) is 15.5 Å². The number of hydrogen-bond donors (Lipinski definition) is 2. The van der Waals surface area contributed by atoms with E-state index >= 15 is 0 Å². The first-order valence-electron chi connectivity index (χ1n) is 10.4. The topological polar surface area (TPSA) is 67.4 Å². The average Bonchev–Trinajstić information content (AvgIpc) is 2.77. The van der Waals surface area contributed by atoms with Gasteiger partial charge in [0.1, 0.15) is 0 Å². The Balaban J connectivity index is 0.00000450. The molecule has 0 bridgehead atoms. The first kappa shape index (κ1) is 26.5. The van der Waals surface area contributed by atoms with E-state index in [1.54, 1.807) is 14.2 Å². The van der Waals surface area contributed by atoms with Gasteiger partial charge in [-0.05, 0) is 38.0 Å². The van der Waals surface area contributed by atoms with Gasteiger partial charge in [0.2, 0.25) is 0 Å². The van der Waals surface area contributed by atoms with Crippen LogP contribution in [0.25, 0.3) is 0 Å². The van der Waals surface area contributed by atoms with Crippen molar-refractivity contribution in [3.63, 3.8) is 0 Å². The monoisotopic (exact) mass is 532 g/mol. The summed E-state index contributed by atoms with van der Waals surface area (Å²) in [5.74, 6) is 2.32. The number of benzene rings is 1. The standard InChI is InChI=1S/C22H36N4O3.HI/c1-5-7-8-11-24-22(23-6-2)25-17-19(26-12-14-29-15-13-26)18-9-10-20(27-3)21(16-18)28-4;/h5,7,9-10,16,19H,6,8,11-15,17H2,1-4H3,(H2,23,24,25);1H/b7-5+;. The van der Waals surface area contributed by atoms with Crippen LogP contribution in [0.15, 0.2) is 35.3 Å². The van der Waals surface area contributed by atoms with E-state index in [0.29, 0.717) is 6.54 Å². The SMILES string of the molecule is C/C=C/CCNC(=NCC(c1ccc(OC)c(OC)c1)N1CCOCC1)NCC.I. The van der Waals surface area contributed by atoms with Crippen LogP contribution in [0, 0.1) is 0 Å². The minimum absolute atomic E-state index is 0. The number of guanidine groups is 1. The molecule has 30 heavy (non-hydrogen) atoms. The molecule has 1 aliphatic heterocycles. The molecule has 1 fully saturated rings. The van der Waals surface area contributed by atoms with Gasteiger partial charge in [-0.15, -0.1) is 24.0 Å². The second-order valence-electron chi connectivity index (χ2n) is 6.78. The van der Waals surface area contributed by atoms with Crippen LogP contribution in [0.2, 0.25) is 0 Å². The lowest BCUT2D eigenvalue weighted by molar-refractivity contribution is 0.0179. The molecule has 0 saturated carbocycles. The summed E-state index contributed by atoms with van der Waals surface area (Å²) in [7, 11) is 3.32. The summed E-state index contributed by atoms with van der Waals surface area (Å²) in [6.07, 6.45) is 5.19. The van der Waals surface area contributed by atoms with E-state index in [1.807, 2.05) is 13.0 Å². The molecule has 1 atom stereocenters. The maximum absolute atomic E-state index is 5.55. The number of methoxy groups -OCH3 is 2. The van der Waals surface area contributed by atoms with E-state index in [9.17, 15) is 0 Å². The molecule has 170 valence electrons. The zero-order chi connectivity index (χ0) is 20.9. The van der Waals surface area contributed by atoms with E-state index in [4.69, 9.17) is 19.2 Å². The quantitative estimate of drug-likeness (QED) is 0.159. The first-order chi connectivity index (χ1) is 14.2. The van der Waals surface area contributed by atoms with Crippen molar-refractivity contribution in [3.05, 3.63) is 35.9 Å². The van der Waals surface area contributed by atoms with Gasteiger partial charge in [0.15, 0.2) is 17.5 Å². The minimum Gasteiger partial charge on any atom is -0.493 e. The van der Waals surface area contributed by atoms with Gasteiger partial charge >= 0.3 is 0 Å². The fraction of sp³-hybridized carbons (Fsp3) is 0.591. The number of halogens is 1. The van der Waals surface area contributed by atoms with Crippen molar-refractivity contribution in [1.29, 1.82) is 0 Å². The van der Waals surface area contributed by atoms with E-state index in [1.165, 1.54) is 0 Å². The molecule has 1 aliphatic rings. The highest BCUT2D eigenvalue weighted by atomic mass is 127. The molecule has 1 heterocycles. The molecule has 0 aliphatic carbocycles. The number of aliphatic imine (C=N–C) groups is 1. The first-order valence-corrected chi connectivity index (χ1v) is 10.4. The lowest BCUT2D eigenvalue weighted by atomic mass is 10.0. The van der Waals surface area contributed by atoms with Crippen LogP contribution in [0.1, 0.15) is 31.9 Å². The highest BCUT2D eigenvalue weighted by Crippen LogP contribution is 2.32. The highest BCUT2D eigenvalue weighted by Gasteiger charge is 2.24. The third-order valence-electron chi connectivity index (χ3n) is 4.88. The van der Waals surface area contributed by atoms with E-state index < -0.39 is 0 Å². The molecular weight excluding hydrogens is 495 g/mol. The molecule has 8 heteroatoms. The molecule has 1 saturated heterocycles. The molecule has 2 rings (SSSR count). The molecule has 1 unspecified atom stereocenters. The van der Waals surface area contributed by atoms with Crippen molar-refractivity contribution in [2.24, 2.45) is 4.99 Å². The Hall–Kier alpha value is -1.52. The highest BCUT2D eigenvalue weighted by molar-refractivity contribution is 14.0. The lowest BCUT2D eigenvalue weighted by Crippen LogP contribution is -2.42. The van der Waals surface area contributed by atoms with Crippen LogP contribution >= 0.6 is 24.0 Å². The van der Waals surface area contributed by atoms with Crippen LogP contribution < -0.4 is 20.1 Å². The van der Waals surface area contributed by atoms with Gasteiger partial charge in [-0.3, -0.25) is 9.89 Å². The van der Waals surface area contributed by atoms with E-state index in [-0.39, 0.29) is 30.0 Å². The number of morpholine rings is 1. The summed E-state index contributed by atoms with van der Waals surface area (Å²) in [6.45, 7) is 9.72. The Morgan fingerprint density at radius 3 is 2.57 bits per heavy atom. The van der Waals surface area contributed by atoms with Crippen LogP contribution in [-0.4, -0.2) is 71.0 Å². The van der Waals surface area contributed by atoms with Gasteiger partial charge in [-0.1, -0.05) is 18.2 Å². The summed E-state index contributed by atoms with van der Waals surface area (Å²) < 4.78 is 16.5. The maximum atomic E-state index is 5.55. The van der Waals surface area contributed by atoms with Crippen molar-refractivity contribution >= 4 is 29.9 Å². The molecule has 0 radical (unpaired) electrons. The van der Waals surface area contributed by atoms with Gasteiger partial charge in [0, 0.05) is 26.2 Å². The van der Waals surface area contributed by atoms with Gasteiger partial charge < -0.3 is 24.8 Å². The number of ether oxygens (including phenoxy) is 3. The molecule has 0 amide bonds. The van der Waals surface area contributed by atoms with Crippen molar-refractivity contribution in [2.75, 3.05) is 60.2 Å². The lowest BCUT2D eigenvalue weighted by Gasteiger charge is -2.34. The smallest absolute Gasteiger partial charge is 0.191 e. The summed E-state index contributed by atoms with van der Waals surface area (Å²) in [5.41, 5.74) is 1.16. The van der Waals surface area contributed by atoms with Crippen LogP contribution in [0.3, 0.4) is 0 Å². The molecule has 0 spiro atoms. The summed E-state index contributed by atoms with van der Waals surface area (Å²) in [5, 5.41) is 6.74. The number of nitrogens with one attached hydrogen (secondary N) is 2. The Morgan fingerprint density at radius 2 is 1.93 bits per heavy atom. The van der Waals surface area contributed by atoms with Gasteiger partial charge in [-0.2, -0.15) is 0 Å². The number of allylic oxidation sites excluding steroid dienone is 1. The van der Waals surface area contributed by atoms with Crippen LogP contribution in [0.4, 0.5) is 0 Å². The molecular formula is C22H37IN4O3. The predicted octanol–water partition coefficient (Wildman–Crippen LogP) is 3.22.